The lowest BCUT2D eigenvalue weighted by Gasteiger charge is -2.16. The summed E-state index contributed by atoms with van der Waals surface area (Å²) in [5.74, 6) is -0.536. The van der Waals surface area contributed by atoms with Gasteiger partial charge in [-0.25, -0.2) is 0 Å². The summed E-state index contributed by atoms with van der Waals surface area (Å²) >= 11 is 0. The van der Waals surface area contributed by atoms with Crippen LogP contribution >= 0.6 is 0 Å². The third kappa shape index (κ3) is 5.33. The number of carbonyl (C=O) groups is 2. The number of nitrogens with two attached hydrogens (primary N) is 1. The summed E-state index contributed by atoms with van der Waals surface area (Å²) in [4.78, 5) is 38.8. The lowest BCUT2D eigenvalue weighted by Crippen LogP contribution is -2.26. The van der Waals surface area contributed by atoms with E-state index in [4.69, 9.17) is 10.5 Å². The number of nitrogens with one attached hydrogen (secondary N) is 1. The molecule has 0 bridgehead atoms. The third-order valence-electron chi connectivity index (χ3n) is 4.84. The maximum Gasteiger partial charge on any atom is 0.311 e. The summed E-state index contributed by atoms with van der Waals surface area (Å²) in [5, 5.41) is 3.03. The maximum absolute atomic E-state index is 12.5. The van der Waals surface area contributed by atoms with Crippen molar-refractivity contribution in [1.29, 1.82) is 0 Å². The van der Waals surface area contributed by atoms with Gasteiger partial charge in [-0.05, 0) is 17.7 Å². The molecule has 0 aliphatic carbocycles. The van der Waals surface area contributed by atoms with Gasteiger partial charge in [-0.2, -0.15) is 15.0 Å². The van der Waals surface area contributed by atoms with Crippen LogP contribution in [0, 0.1) is 5.92 Å². The molecule has 0 unspecified atom stereocenters. The first kappa shape index (κ1) is 20.3. The Morgan fingerprint density at radius 2 is 1.77 bits per heavy atom. The van der Waals surface area contributed by atoms with Crippen LogP contribution in [0.4, 0.5) is 17.6 Å². The van der Waals surface area contributed by atoms with E-state index in [1.165, 1.54) is 0 Å². The Labute approximate surface area is 179 Å². The Balaban J connectivity index is 1.34. The standard InChI is InChI=1S/C22H22N6O3/c23-21-25-18(26-22(27-21)24-17-9-5-2-6-10-17)14-31-20(30)16-11-19(29)28(13-16)12-15-7-3-1-4-8-15/h1-10,16H,11-14H2,(H3,23,24,25,26,27)/t16-/m1/s1. The first-order valence-corrected chi connectivity index (χ1v) is 9.87. The monoisotopic (exact) mass is 418 g/mol. The van der Waals surface area contributed by atoms with Gasteiger partial charge in [-0.15, -0.1) is 0 Å². The summed E-state index contributed by atoms with van der Waals surface area (Å²) in [7, 11) is 0. The highest BCUT2D eigenvalue weighted by atomic mass is 16.5. The molecule has 3 N–H and O–H groups in total. The highest BCUT2D eigenvalue weighted by molar-refractivity contribution is 5.86. The van der Waals surface area contributed by atoms with E-state index in [9.17, 15) is 9.59 Å². The summed E-state index contributed by atoms with van der Waals surface area (Å²) < 4.78 is 5.37. The summed E-state index contributed by atoms with van der Waals surface area (Å²) in [6, 6.07) is 19.0. The molecule has 1 amide bonds. The first-order valence-electron chi connectivity index (χ1n) is 9.87. The number of nitrogens with zero attached hydrogens (tertiary/aromatic N) is 4. The van der Waals surface area contributed by atoms with Crippen LogP contribution in [0.25, 0.3) is 0 Å². The van der Waals surface area contributed by atoms with Gasteiger partial charge in [0.05, 0.1) is 5.92 Å². The van der Waals surface area contributed by atoms with E-state index in [1.54, 1.807) is 4.90 Å². The lowest BCUT2D eigenvalue weighted by molar-refractivity contribution is -0.150. The highest BCUT2D eigenvalue weighted by Crippen LogP contribution is 2.22. The second kappa shape index (κ2) is 9.21. The van der Waals surface area contributed by atoms with E-state index in [1.807, 2.05) is 60.7 Å². The second-order valence-corrected chi connectivity index (χ2v) is 7.19. The molecule has 3 aromatic rings. The van der Waals surface area contributed by atoms with Crippen molar-refractivity contribution in [2.45, 2.75) is 19.6 Å². The Morgan fingerprint density at radius 1 is 1.06 bits per heavy atom. The number of esters is 1. The molecule has 2 heterocycles. The van der Waals surface area contributed by atoms with Crippen molar-refractivity contribution >= 4 is 29.5 Å². The van der Waals surface area contributed by atoms with Crippen molar-refractivity contribution in [2.24, 2.45) is 5.92 Å². The normalized spacial score (nSPS) is 15.7. The van der Waals surface area contributed by atoms with Gasteiger partial charge in [0.15, 0.2) is 12.4 Å². The van der Waals surface area contributed by atoms with Crippen LogP contribution in [0.3, 0.4) is 0 Å². The zero-order valence-corrected chi connectivity index (χ0v) is 16.8. The van der Waals surface area contributed by atoms with Crippen molar-refractivity contribution in [2.75, 3.05) is 17.6 Å². The Bertz CT molecular complexity index is 1060. The van der Waals surface area contributed by atoms with Crippen molar-refractivity contribution in [3.05, 3.63) is 72.1 Å². The van der Waals surface area contributed by atoms with E-state index < -0.39 is 11.9 Å². The van der Waals surface area contributed by atoms with E-state index in [0.717, 1.165) is 11.3 Å². The molecule has 0 radical (unpaired) electrons. The summed E-state index contributed by atoms with van der Waals surface area (Å²) in [5.41, 5.74) is 7.57. The summed E-state index contributed by atoms with van der Waals surface area (Å²) in [6.45, 7) is 0.646. The SMILES string of the molecule is Nc1nc(COC(=O)[C@@H]2CC(=O)N(Cc3ccccc3)C2)nc(Nc2ccccc2)n1. The number of benzene rings is 2. The van der Waals surface area contributed by atoms with Crippen molar-refractivity contribution in [3.8, 4) is 0 Å². The zero-order valence-electron chi connectivity index (χ0n) is 16.8. The zero-order chi connectivity index (χ0) is 21.6. The third-order valence-corrected chi connectivity index (χ3v) is 4.84. The number of aromatic nitrogens is 3. The molecule has 1 fully saturated rings. The number of anilines is 3. The van der Waals surface area contributed by atoms with Crippen LogP contribution in [-0.2, 0) is 27.5 Å². The van der Waals surface area contributed by atoms with Crippen molar-refractivity contribution in [3.63, 3.8) is 0 Å². The number of carbonyl (C=O) groups excluding carboxylic acids is 2. The number of amides is 1. The van der Waals surface area contributed by atoms with Gasteiger partial charge >= 0.3 is 5.97 Å². The number of nitrogen functional groups attached to an aromatic ring is 1. The molecular weight excluding hydrogens is 396 g/mol. The number of likely N-dealkylation sites (tertiary alicyclic amines) is 1. The quantitative estimate of drug-likeness (QED) is 0.560. The van der Waals surface area contributed by atoms with Gasteiger partial charge < -0.3 is 20.7 Å². The molecule has 9 nitrogen and oxygen atoms in total. The van der Waals surface area contributed by atoms with Crippen LogP contribution in [0.15, 0.2) is 60.7 Å². The van der Waals surface area contributed by atoms with Gasteiger partial charge in [-0.3, -0.25) is 9.59 Å². The fourth-order valence-electron chi connectivity index (χ4n) is 3.35. The molecule has 1 aromatic heterocycles. The highest BCUT2D eigenvalue weighted by Gasteiger charge is 2.35. The van der Waals surface area contributed by atoms with Crippen molar-refractivity contribution < 1.29 is 14.3 Å². The number of para-hydroxylation sites is 1. The minimum Gasteiger partial charge on any atom is -0.457 e. The van der Waals surface area contributed by atoms with E-state index >= 15 is 0 Å². The molecule has 158 valence electrons. The molecule has 9 heteroatoms. The van der Waals surface area contributed by atoms with Gasteiger partial charge in [0, 0.05) is 25.2 Å². The number of hydrogen-bond acceptors (Lipinski definition) is 8. The van der Waals surface area contributed by atoms with E-state index in [-0.39, 0.29) is 36.7 Å². The lowest BCUT2D eigenvalue weighted by atomic mass is 10.1. The molecule has 4 rings (SSSR count). The average Bonchev–Trinajstić information content (AvgIpc) is 3.13. The van der Waals surface area contributed by atoms with Crippen LogP contribution in [0.2, 0.25) is 0 Å². The van der Waals surface area contributed by atoms with E-state index in [2.05, 4.69) is 20.3 Å². The molecule has 1 aliphatic heterocycles. The van der Waals surface area contributed by atoms with E-state index in [0.29, 0.717) is 13.1 Å². The molecule has 1 atom stereocenters. The molecule has 31 heavy (non-hydrogen) atoms. The minimum absolute atomic E-state index is 0.0181. The molecule has 2 aromatic carbocycles. The fourth-order valence-corrected chi connectivity index (χ4v) is 3.35. The molecule has 0 saturated carbocycles. The van der Waals surface area contributed by atoms with Gasteiger partial charge in [-0.1, -0.05) is 48.5 Å². The first-order chi connectivity index (χ1) is 15.1. The number of rotatable bonds is 7. The molecule has 1 aliphatic rings. The van der Waals surface area contributed by atoms with Crippen LogP contribution in [0.1, 0.15) is 17.8 Å². The maximum atomic E-state index is 12.5. The molecule has 0 spiro atoms. The molecule has 1 saturated heterocycles. The number of hydrogen-bond donors (Lipinski definition) is 2. The fraction of sp³-hybridized carbons (Fsp3) is 0.227. The van der Waals surface area contributed by atoms with Crippen LogP contribution in [-0.4, -0.2) is 38.3 Å². The average molecular weight is 418 g/mol. The topological polar surface area (TPSA) is 123 Å². The predicted octanol–water partition coefficient (Wildman–Crippen LogP) is 2.29. The van der Waals surface area contributed by atoms with Crippen molar-refractivity contribution in [1.82, 2.24) is 19.9 Å². The minimum atomic E-state index is -0.516. The van der Waals surface area contributed by atoms with Crippen LogP contribution < -0.4 is 11.1 Å². The second-order valence-electron chi connectivity index (χ2n) is 7.19. The predicted molar refractivity (Wildman–Crippen MR) is 114 cm³/mol. The Kier molecular flexibility index (Phi) is 6.02. The largest absolute Gasteiger partial charge is 0.457 e. The van der Waals surface area contributed by atoms with Crippen LogP contribution in [0.5, 0.6) is 0 Å². The van der Waals surface area contributed by atoms with Gasteiger partial charge in [0.1, 0.15) is 0 Å². The smallest absolute Gasteiger partial charge is 0.311 e. The van der Waals surface area contributed by atoms with Gasteiger partial charge in [0.2, 0.25) is 17.8 Å². The number of ether oxygens (including phenoxy) is 1. The molecular formula is C22H22N6O3. The summed E-state index contributed by atoms with van der Waals surface area (Å²) in [6.07, 6.45) is 0.131. The Hall–Kier alpha value is -4.01. The Morgan fingerprint density at radius 3 is 2.52 bits per heavy atom. The van der Waals surface area contributed by atoms with Gasteiger partial charge in [0.25, 0.3) is 0 Å².